The first-order valence-electron chi connectivity index (χ1n) is 4.82. The highest BCUT2D eigenvalue weighted by atomic mass is 16.5. The van der Waals surface area contributed by atoms with Crippen molar-refractivity contribution in [3.05, 3.63) is 23.9 Å². The summed E-state index contributed by atoms with van der Waals surface area (Å²) in [6, 6.07) is 3.90. The van der Waals surface area contributed by atoms with Gasteiger partial charge in [-0.3, -0.25) is 5.32 Å². The van der Waals surface area contributed by atoms with Crippen LogP contribution in [-0.4, -0.2) is 24.9 Å². The summed E-state index contributed by atoms with van der Waals surface area (Å²) < 4.78 is 10.9. The molecule has 0 aromatic carbocycles. The van der Waals surface area contributed by atoms with Gasteiger partial charge in [-0.05, 0) is 19.1 Å². The molecule has 14 heavy (non-hydrogen) atoms. The zero-order valence-electron chi connectivity index (χ0n) is 8.19. The van der Waals surface area contributed by atoms with Gasteiger partial charge in [-0.2, -0.15) is 0 Å². The summed E-state index contributed by atoms with van der Waals surface area (Å²) in [5, 5.41) is 3.13. The molecule has 0 saturated carbocycles. The first-order valence-corrected chi connectivity index (χ1v) is 4.82. The van der Waals surface area contributed by atoms with E-state index in [4.69, 9.17) is 9.47 Å². The van der Waals surface area contributed by atoms with Crippen molar-refractivity contribution in [2.24, 2.45) is 0 Å². The average molecular weight is 194 g/mol. The Morgan fingerprint density at radius 2 is 2.64 bits per heavy atom. The first kappa shape index (κ1) is 9.43. The van der Waals surface area contributed by atoms with Crippen LogP contribution in [0.15, 0.2) is 18.3 Å². The number of ether oxygens (including phenoxy) is 2. The number of rotatable bonds is 3. The Bertz CT molecular complexity index is 298. The van der Waals surface area contributed by atoms with E-state index in [1.807, 2.05) is 19.1 Å². The molecule has 1 saturated heterocycles. The number of hydrogen-bond donors (Lipinski definition) is 1. The molecule has 1 fully saturated rings. The second-order valence-electron chi connectivity index (χ2n) is 3.08. The number of aromatic nitrogens is 1. The molecule has 2 rings (SSSR count). The maximum absolute atomic E-state index is 5.49. The second-order valence-corrected chi connectivity index (χ2v) is 3.08. The minimum absolute atomic E-state index is 0.0743. The van der Waals surface area contributed by atoms with Crippen molar-refractivity contribution < 1.29 is 9.47 Å². The van der Waals surface area contributed by atoms with E-state index in [-0.39, 0.29) is 6.10 Å². The molecular formula is C10H14N2O2. The fourth-order valence-corrected chi connectivity index (χ4v) is 1.51. The van der Waals surface area contributed by atoms with Crippen LogP contribution in [0.3, 0.4) is 0 Å². The van der Waals surface area contributed by atoms with E-state index < -0.39 is 0 Å². The number of hydrogen-bond acceptors (Lipinski definition) is 4. The van der Waals surface area contributed by atoms with Crippen molar-refractivity contribution in [3.63, 3.8) is 0 Å². The number of pyridine rings is 1. The van der Waals surface area contributed by atoms with E-state index in [2.05, 4.69) is 10.3 Å². The molecule has 0 bridgehead atoms. The Labute approximate surface area is 83.2 Å². The van der Waals surface area contributed by atoms with Crippen LogP contribution in [0.2, 0.25) is 0 Å². The largest absolute Gasteiger partial charge is 0.478 e. The Balaban J connectivity index is 2.21. The maximum atomic E-state index is 5.49. The van der Waals surface area contributed by atoms with Crippen molar-refractivity contribution in [2.45, 2.75) is 13.0 Å². The highest BCUT2D eigenvalue weighted by Gasteiger charge is 2.21. The normalized spacial score (nSPS) is 21.1. The summed E-state index contributed by atoms with van der Waals surface area (Å²) >= 11 is 0. The van der Waals surface area contributed by atoms with E-state index >= 15 is 0 Å². The van der Waals surface area contributed by atoms with Crippen molar-refractivity contribution >= 4 is 0 Å². The molecule has 0 amide bonds. The van der Waals surface area contributed by atoms with E-state index in [0.29, 0.717) is 19.2 Å². The summed E-state index contributed by atoms with van der Waals surface area (Å²) in [4.78, 5) is 4.18. The van der Waals surface area contributed by atoms with E-state index in [0.717, 1.165) is 12.1 Å². The van der Waals surface area contributed by atoms with Crippen LogP contribution in [0.4, 0.5) is 0 Å². The molecule has 4 nitrogen and oxygen atoms in total. The zero-order valence-corrected chi connectivity index (χ0v) is 8.19. The fraction of sp³-hybridized carbons (Fsp3) is 0.500. The lowest BCUT2D eigenvalue weighted by Crippen LogP contribution is -2.09. The third-order valence-corrected chi connectivity index (χ3v) is 2.14. The predicted octanol–water partition coefficient (Wildman–Crippen LogP) is 1.10. The molecule has 1 aromatic rings. The fourth-order valence-electron chi connectivity index (χ4n) is 1.51. The Hall–Kier alpha value is -1.13. The van der Waals surface area contributed by atoms with Gasteiger partial charge in [0, 0.05) is 18.3 Å². The SMILES string of the molecule is CCOc1ncccc1C1CNCO1. The molecule has 1 aliphatic rings. The molecule has 1 aromatic heterocycles. The lowest BCUT2D eigenvalue weighted by Gasteiger charge is -2.12. The summed E-state index contributed by atoms with van der Waals surface area (Å²) in [5.74, 6) is 0.684. The van der Waals surface area contributed by atoms with Gasteiger partial charge in [0.25, 0.3) is 0 Å². The van der Waals surface area contributed by atoms with Gasteiger partial charge in [0.2, 0.25) is 5.88 Å². The highest BCUT2D eigenvalue weighted by molar-refractivity contribution is 5.28. The van der Waals surface area contributed by atoms with Gasteiger partial charge in [0.05, 0.1) is 13.3 Å². The molecule has 1 unspecified atom stereocenters. The molecule has 76 valence electrons. The standard InChI is InChI=1S/C10H14N2O2/c1-2-13-10-8(4-3-5-12-10)9-6-11-7-14-9/h3-5,9,11H,2,6-7H2,1H3. The van der Waals surface area contributed by atoms with Crippen LogP contribution in [-0.2, 0) is 4.74 Å². The lowest BCUT2D eigenvalue weighted by molar-refractivity contribution is 0.111. The smallest absolute Gasteiger partial charge is 0.219 e. The zero-order chi connectivity index (χ0) is 9.80. The van der Waals surface area contributed by atoms with Crippen molar-refractivity contribution in [1.29, 1.82) is 0 Å². The quantitative estimate of drug-likeness (QED) is 0.782. The van der Waals surface area contributed by atoms with Crippen LogP contribution in [0.5, 0.6) is 5.88 Å². The molecule has 1 atom stereocenters. The average Bonchev–Trinajstić information content (AvgIpc) is 2.72. The van der Waals surface area contributed by atoms with Gasteiger partial charge >= 0.3 is 0 Å². The van der Waals surface area contributed by atoms with Crippen LogP contribution >= 0.6 is 0 Å². The minimum atomic E-state index is 0.0743. The monoisotopic (exact) mass is 194 g/mol. The summed E-state index contributed by atoms with van der Waals surface area (Å²) in [5.41, 5.74) is 1.03. The minimum Gasteiger partial charge on any atom is -0.478 e. The van der Waals surface area contributed by atoms with Crippen LogP contribution in [0, 0.1) is 0 Å². The Morgan fingerprint density at radius 1 is 1.71 bits per heavy atom. The summed E-state index contributed by atoms with van der Waals surface area (Å²) in [6.45, 7) is 4.01. The molecule has 0 radical (unpaired) electrons. The molecular weight excluding hydrogens is 180 g/mol. The highest BCUT2D eigenvalue weighted by Crippen LogP contribution is 2.26. The van der Waals surface area contributed by atoms with E-state index in [1.54, 1.807) is 6.20 Å². The van der Waals surface area contributed by atoms with Crippen LogP contribution in [0.25, 0.3) is 0 Å². The van der Waals surface area contributed by atoms with Crippen LogP contribution < -0.4 is 10.1 Å². The third-order valence-electron chi connectivity index (χ3n) is 2.14. The van der Waals surface area contributed by atoms with Crippen LogP contribution in [0.1, 0.15) is 18.6 Å². The van der Waals surface area contributed by atoms with Crippen molar-refractivity contribution in [3.8, 4) is 5.88 Å². The molecule has 1 aliphatic heterocycles. The molecule has 1 N–H and O–H groups in total. The van der Waals surface area contributed by atoms with Gasteiger partial charge in [-0.25, -0.2) is 4.98 Å². The summed E-state index contributed by atoms with van der Waals surface area (Å²) in [6.07, 6.45) is 1.81. The third kappa shape index (κ3) is 1.86. The topological polar surface area (TPSA) is 43.4 Å². The van der Waals surface area contributed by atoms with E-state index in [1.165, 1.54) is 0 Å². The first-order chi connectivity index (χ1) is 6.92. The Kier molecular flexibility index (Phi) is 2.96. The van der Waals surface area contributed by atoms with Gasteiger partial charge in [-0.15, -0.1) is 0 Å². The van der Waals surface area contributed by atoms with Gasteiger partial charge in [0.15, 0.2) is 0 Å². The molecule has 2 heterocycles. The van der Waals surface area contributed by atoms with Gasteiger partial charge < -0.3 is 9.47 Å². The second kappa shape index (κ2) is 4.39. The van der Waals surface area contributed by atoms with Gasteiger partial charge in [-0.1, -0.05) is 0 Å². The van der Waals surface area contributed by atoms with Gasteiger partial charge in [0.1, 0.15) is 6.10 Å². The van der Waals surface area contributed by atoms with Crippen molar-refractivity contribution in [2.75, 3.05) is 19.9 Å². The summed E-state index contributed by atoms with van der Waals surface area (Å²) in [7, 11) is 0. The maximum Gasteiger partial charge on any atom is 0.219 e. The van der Waals surface area contributed by atoms with Crippen molar-refractivity contribution in [1.82, 2.24) is 10.3 Å². The predicted molar refractivity (Wildman–Crippen MR) is 52.1 cm³/mol. The number of nitrogens with one attached hydrogen (secondary N) is 1. The lowest BCUT2D eigenvalue weighted by atomic mass is 10.1. The molecule has 0 aliphatic carbocycles. The molecule has 4 heteroatoms. The molecule has 0 spiro atoms. The Morgan fingerprint density at radius 3 is 3.36 bits per heavy atom. The number of nitrogens with zero attached hydrogens (tertiary/aromatic N) is 1. The van der Waals surface area contributed by atoms with E-state index in [9.17, 15) is 0 Å².